The molecule has 0 aliphatic carbocycles. The molecule has 0 radical (unpaired) electrons. The Morgan fingerprint density at radius 3 is 2.79 bits per heavy atom. The van der Waals surface area contributed by atoms with E-state index in [2.05, 4.69) is 4.98 Å². The summed E-state index contributed by atoms with van der Waals surface area (Å²) in [6, 6.07) is 1.78. The van der Waals surface area contributed by atoms with E-state index < -0.39 is 0 Å². The molecule has 0 spiro atoms. The predicted molar refractivity (Wildman–Crippen MR) is 58.3 cm³/mol. The summed E-state index contributed by atoms with van der Waals surface area (Å²) in [4.78, 5) is 4.10. The summed E-state index contributed by atoms with van der Waals surface area (Å²) in [5.41, 5.74) is 1.19. The van der Waals surface area contributed by atoms with Gasteiger partial charge < -0.3 is 4.42 Å². The molecule has 0 saturated carbocycles. The second-order valence-electron chi connectivity index (χ2n) is 2.91. The number of nitrogens with zero attached hydrogens (tertiary/aromatic N) is 1. The molecule has 0 saturated heterocycles. The average molecular weight is 251 g/mol. The predicted octanol–water partition coefficient (Wildman–Crippen LogP) is 4.43. The number of hydrogen-bond donors (Lipinski definition) is 0. The molecular formula is C9H6Cl3NO. The fourth-order valence-electron chi connectivity index (χ4n) is 1.19. The third-order valence-electron chi connectivity index (χ3n) is 1.90. The van der Waals surface area contributed by atoms with Gasteiger partial charge in [-0.15, -0.1) is 11.6 Å². The lowest BCUT2D eigenvalue weighted by molar-refractivity contribution is 0.614. The van der Waals surface area contributed by atoms with Crippen LogP contribution in [-0.4, -0.2) is 4.98 Å². The molecule has 5 heteroatoms. The molecule has 0 fully saturated rings. The van der Waals surface area contributed by atoms with Crippen molar-refractivity contribution in [3.63, 3.8) is 0 Å². The van der Waals surface area contributed by atoms with Gasteiger partial charge in [-0.2, -0.15) is 0 Å². The van der Waals surface area contributed by atoms with Crippen LogP contribution in [0.25, 0.3) is 11.0 Å². The van der Waals surface area contributed by atoms with Gasteiger partial charge in [0.2, 0.25) is 0 Å². The summed E-state index contributed by atoms with van der Waals surface area (Å²) in [7, 11) is 0. The van der Waals surface area contributed by atoms with Crippen LogP contribution in [0.3, 0.4) is 0 Å². The highest BCUT2D eigenvalue weighted by Crippen LogP contribution is 2.32. The molecule has 0 amide bonds. The number of fused-ring (bicyclic) bond motifs is 1. The van der Waals surface area contributed by atoms with Gasteiger partial charge in [-0.1, -0.05) is 23.2 Å². The number of rotatable bonds is 1. The maximum Gasteiger partial charge on any atom is 0.172 e. The van der Waals surface area contributed by atoms with E-state index in [0.29, 0.717) is 16.3 Å². The number of halogens is 3. The van der Waals surface area contributed by atoms with Gasteiger partial charge in [-0.25, -0.2) is 4.98 Å². The highest BCUT2D eigenvalue weighted by molar-refractivity contribution is 6.38. The van der Waals surface area contributed by atoms with Crippen LogP contribution in [0.15, 0.2) is 16.7 Å². The molecule has 0 aliphatic heterocycles. The summed E-state index contributed by atoms with van der Waals surface area (Å²) in [5, 5.41) is 1.34. The number of pyridine rings is 1. The van der Waals surface area contributed by atoms with Crippen LogP contribution >= 0.6 is 34.8 Å². The van der Waals surface area contributed by atoms with Crippen molar-refractivity contribution in [1.82, 2.24) is 4.98 Å². The van der Waals surface area contributed by atoms with Crippen molar-refractivity contribution in [3.8, 4) is 0 Å². The highest BCUT2D eigenvalue weighted by atomic mass is 35.5. The second kappa shape index (κ2) is 3.61. The molecule has 14 heavy (non-hydrogen) atoms. The quantitative estimate of drug-likeness (QED) is 0.552. The van der Waals surface area contributed by atoms with Crippen molar-refractivity contribution in [2.45, 2.75) is 12.3 Å². The van der Waals surface area contributed by atoms with Crippen molar-refractivity contribution in [3.05, 3.63) is 28.2 Å². The van der Waals surface area contributed by atoms with Crippen molar-refractivity contribution >= 4 is 45.8 Å². The van der Waals surface area contributed by atoms with Gasteiger partial charge in [0, 0.05) is 5.39 Å². The van der Waals surface area contributed by atoms with E-state index in [1.807, 2.05) is 6.92 Å². The lowest BCUT2D eigenvalue weighted by atomic mass is 10.2. The smallest absolute Gasteiger partial charge is 0.172 e. The van der Waals surface area contributed by atoms with Gasteiger partial charge in [0.15, 0.2) is 10.7 Å². The van der Waals surface area contributed by atoms with Crippen molar-refractivity contribution in [2.75, 3.05) is 0 Å². The number of hydrogen-bond acceptors (Lipinski definition) is 2. The zero-order valence-corrected chi connectivity index (χ0v) is 9.49. The fraction of sp³-hybridized carbons (Fsp3) is 0.222. The van der Waals surface area contributed by atoms with Crippen LogP contribution in [0.1, 0.15) is 18.0 Å². The summed E-state index contributed by atoms with van der Waals surface area (Å²) >= 11 is 17.7. The van der Waals surface area contributed by atoms with Crippen LogP contribution in [0.5, 0.6) is 0 Å². The molecule has 0 aromatic carbocycles. The Labute approximate surface area is 95.8 Å². The van der Waals surface area contributed by atoms with E-state index in [4.69, 9.17) is 39.2 Å². The Morgan fingerprint density at radius 1 is 1.43 bits per heavy atom. The van der Waals surface area contributed by atoms with E-state index >= 15 is 0 Å². The third kappa shape index (κ3) is 1.58. The molecule has 2 heterocycles. The molecule has 1 atom stereocenters. The van der Waals surface area contributed by atoms with Gasteiger partial charge in [-0.05, 0) is 13.0 Å². The minimum Gasteiger partial charge on any atom is -0.459 e. The van der Waals surface area contributed by atoms with Crippen LogP contribution in [-0.2, 0) is 0 Å². The van der Waals surface area contributed by atoms with Crippen molar-refractivity contribution in [1.29, 1.82) is 0 Å². The topological polar surface area (TPSA) is 26.0 Å². The first-order valence-corrected chi connectivity index (χ1v) is 5.16. The molecular weight excluding hydrogens is 244 g/mol. The molecule has 2 aromatic rings. The molecule has 2 nitrogen and oxygen atoms in total. The summed E-state index contributed by atoms with van der Waals surface area (Å²) in [6.07, 6.45) is 1.43. The van der Waals surface area contributed by atoms with Crippen LogP contribution in [0, 0.1) is 0 Å². The second-order valence-corrected chi connectivity index (χ2v) is 4.33. The zero-order chi connectivity index (χ0) is 10.3. The summed E-state index contributed by atoms with van der Waals surface area (Å²) in [6.45, 7) is 1.82. The Hall–Kier alpha value is -0.440. The van der Waals surface area contributed by atoms with Gasteiger partial charge >= 0.3 is 0 Å². The third-order valence-corrected chi connectivity index (χ3v) is 2.67. The molecule has 0 bridgehead atoms. The van der Waals surface area contributed by atoms with Crippen molar-refractivity contribution in [2.24, 2.45) is 0 Å². The van der Waals surface area contributed by atoms with Gasteiger partial charge in [0.1, 0.15) is 6.26 Å². The number of alkyl halides is 1. The van der Waals surface area contributed by atoms with E-state index in [9.17, 15) is 0 Å². The Kier molecular flexibility index (Phi) is 2.60. The van der Waals surface area contributed by atoms with Gasteiger partial charge in [-0.3, -0.25) is 0 Å². The number of aromatic nitrogens is 1. The summed E-state index contributed by atoms with van der Waals surface area (Å²) in [5.74, 6) is 0. The SMILES string of the molecule is CC(Cl)c1cc2c(Cl)coc2c(Cl)n1. The standard InChI is InChI=1S/C9H6Cl3NO/c1-4(10)7-2-5-6(11)3-14-8(5)9(12)13-7/h2-4H,1H3. The normalized spacial score (nSPS) is 13.4. The first kappa shape index (κ1) is 10.1. The van der Waals surface area contributed by atoms with E-state index in [0.717, 1.165) is 5.39 Å². The van der Waals surface area contributed by atoms with Crippen LogP contribution in [0.2, 0.25) is 10.2 Å². The molecule has 74 valence electrons. The van der Waals surface area contributed by atoms with E-state index in [1.165, 1.54) is 6.26 Å². The maximum absolute atomic E-state index is 5.90. The molecule has 1 unspecified atom stereocenters. The fourth-order valence-corrected chi connectivity index (χ4v) is 1.73. The Morgan fingerprint density at radius 2 is 2.14 bits per heavy atom. The highest BCUT2D eigenvalue weighted by Gasteiger charge is 2.13. The molecule has 0 N–H and O–H groups in total. The molecule has 2 aromatic heterocycles. The summed E-state index contributed by atoms with van der Waals surface area (Å²) < 4.78 is 5.14. The minimum absolute atomic E-state index is 0.206. The molecule has 2 rings (SSSR count). The monoisotopic (exact) mass is 249 g/mol. The van der Waals surface area contributed by atoms with Crippen LogP contribution < -0.4 is 0 Å². The van der Waals surface area contributed by atoms with E-state index in [1.54, 1.807) is 6.07 Å². The largest absolute Gasteiger partial charge is 0.459 e. The average Bonchev–Trinajstić information content (AvgIpc) is 2.48. The lowest BCUT2D eigenvalue weighted by Crippen LogP contribution is -1.90. The number of furan rings is 1. The van der Waals surface area contributed by atoms with Crippen molar-refractivity contribution < 1.29 is 4.42 Å². The van der Waals surface area contributed by atoms with E-state index in [-0.39, 0.29) is 10.5 Å². The Balaban J connectivity index is 2.75. The zero-order valence-electron chi connectivity index (χ0n) is 7.22. The minimum atomic E-state index is -0.206. The first-order chi connectivity index (χ1) is 6.59. The Bertz CT molecular complexity index is 478. The van der Waals surface area contributed by atoms with Gasteiger partial charge in [0.25, 0.3) is 0 Å². The van der Waals surface area contributed by atoms with Crippen LogP contribution in [0.4, 0.5) is 0 Å². The van der Waals surface area contributed by atoms with Gasteiger partial charge in [0.05, 0.1) is 16.1 Å². The molecule has 0 aliphatic rings. The lowest BCUT2D eigenvalue weighted by Gasteiger charge is -2.02. The maximum atomic E-state index is 5.90. The first-order valence-electron chi connectivity index (χ1n) is 3.97.